The molecule has 3 heterocycles. The molecule has 0 aliphatic rings. The fourth-order valence-corrected chi connectivity index (χ4v) is 6.95. The van der Waals surface area contributed by atoms with Gasteiger partial charge in [0.25, 0.3) is 0 Å². The van der Waals surface area contributed by atoms with Crippen molar-refractivity contribution in [3.63, 3.8) is 0 Å². The molecule has 0 saturated heterocycles. The molecule has 244 valence electrons. The number of rotatable bonds is 5. The zero-order valence-electron chi connectivity index (χ0n) is 28.0. The number of fused-ring (bicyclic) bond motifs is 3. The zero-order valence-corrected chi connectivity index (χ0v) is 31.1. The molecule has 48 heavy (non-hydrogen) atoms. The van der Waals surface area contributed by atoms with Crippen molar-refractivity contribution in [3.05, 3.63) is 133 Å². The van der Waals surface area contributed by atoms with Gasteiger partial charge in [0, 0.05) is 38.0 Å². The van der Waals surface area contributed by atoms with Gasteiger partial charge in [-0.3, -0.25) is 9.55 Å². The summed E-state index contributed by atoms with van der Waals surface area (Å²) in [5.41, 5.74) is 8.67. The number of para-hydroxylation sites is 2. The van der Waals surface area contributed by atoms with E-state index < -0.39 is 0 Å². The molecule has 4 nitrogen and oxygen atoms in total. The number of aromatic hydroxyl groups is 1. The molecule has 0 unspecified atom stereocenters. The van der Waals surface area contributed by atoms with Crippen LogP contribution in [-0.2, 0) is 31.9 Å². The standard InChI is InChI=1S/C42H38N3OS.Pt/c1-41(2,3)30-19-20-35-32(25-30)33-26-34(42(4,5)6)39(44-40(33)45(35)36-16-10-11-17-37(36)46)29-22-28(27-14-8-7-9-15-27)23-31(24-29)47-38-18-12-13-21-43-38;/h7-23,25-26,46H,1-6H3;/q-1;. The Morgan fingerprint density at radius 2 is 1.44 bits per heavy atom. The SMILES string of the molecule is CC(C)(C)c1ccc2c(c1)c1cc(C(C)(C)C)c(-c3[c-]c(Sc4ccccn4)cc(-c4ccccc4)c3)nc1n2-c1ccccc1O.[Pt]. The van der Waals surface area contributed by atoms with Crippen molar-refractivity contribution in [2.75, 3.05) is 0 Å². The van der Waals surface area contributed by atoms with E-state index >= 15 is 0 Å². The molecule has 0 bridgehead atoms. The molecule has 0 aliphatic carbocycles. The van der Waals surface area contributed by atoms with Crippen molar-refractivity contribution in [1.29, 1.82) is 0 Å². The Morgan fingerprint density at radius 3 is 2.12 bits per heavy atom. The molecule has 3 aromatic heterocycles. The molecule has 0 amide bonds. The molecule has 1 N–H and O–H groups in total. The first-order chi connectivity index (χ1) is 22.5. The molecule has 4 aromatic carbocycles. The number of hydrogen-bond acceptors (Lipinski definition) is 4. The first kappa shape index (κ1) is 33.7. The molecule has 0 fully saturated rings. The Hall–Kier alpha value is -4.18. The molecular formula is C42H38N3OPtS-. The van der Waals surface area contributed by atoms with Crippen molar-refractivity contribution in [3.8, 4) is 33.8 Å². The van der Waals surface area contributed by atoms with Gasteiger partial charge in [0.1, 0.15) is 11.4 Å². The van der Waals surface area contributed by atoms with Crippen molar-refractivity contribution in [1.82, 2.24) is 14.5 Å². The topological polar surface area (TPSA) is 50.9 Å². The summed E-state index contributed by atoms with van der Waals surface area (Å²) in [7, 11) is 0. The molecule has 0 spiro atoms. The maximum atomic E-state index is 11.1. The van der Waals surface area contributed by atoms with Gasteiger partial charge >= 0.3 is 0 Å². The van der Waals surface area contributed by atoms with Crippen LogP contribution in [0.4, 0.5) is 0 Å². The van der Waals surface area contributed by atoms with E-state index in [0.717, 1.165) is 59.8 Å². The number of nitrogens with zero attached hydrogens (tertiary/aromatic N) is 3. The van der Waals surface area contributed by atoms with Gasteiger partial charge in [0.15, 0.2) is 0 Å². The molecule has 0 aliphatic heterocycles. The van der Waals surface area contributed by atoms with Gasteiger partial charge in [-0.25, -0.2) is 4.98 Å². The van der Waals surface area contributed by atoms with Crippen molar-refractivity contribution in [2.24, 2.45) is 0 Å². The molecule has 0 saturated carbocycles. The Morgan fingerprint density at radius 1 is 0.708 bits per heavy atom. The average Bonchev–Trinajstić information content (AvgIpc) is 3.37. The Kier molecular flexibility index (Phi) is 9.15. The van der Waals surface area contributed by atoms with Crippen LogP contribution in [0.1, 0.15) is 52.7 Å². The van der Waals surface area contributed by atoms with E-state index in [4.69, 9.17) is 4.98 Å². The van der Waals surface area contributed by atoms with E-state index in [9.17, 15) is 5.11 Å². The van der Waals surface area contributed by atoms with Gasteiger partial charge < -0.3 is 5.11 Å². The molecule has 0 atom stereocenters. The predicted octanol–water partition coefficient (Wildman–Crippen LogP) is 11.2. The van der Waals surface area contributed by atoms with E-state index in [1.807, 2.05) is 48.7 Å². The van der Waals surface area contributed by atoms with Crippen LogP contribution in [0.3, 0.4) is 0 Å². The fraction of sp³-hybridized carbons (Fsp3) is 0.190. The monoisotopic (exact) mass is 827 g/mol. The van der Waals surface area contributed by atoms with Crippen LogP contribution in [0.15, 0.2) is 125 Å². The largest absolute Gasteiger partial charge is 0.506 e. The number of aromatic nitrogens is 3. The summed E-state index contributed by atoms with van der Waals surface area (Å²) in [4.78, 5) is 11.1. The van der Waals surface area contributed by atoms with E-state index in [-0.39, 0.29) is 37.6 Å². The second kappa shape index (κ2) is 13.0. The first-order valence-electron chi connectivity index (χ1n) is 16.0. The molecule has 7 aromatic rings. The van der Waals surface area contributed by atoms with Crippen LogP contribution in [0.2, 0.25) is 0 Å². The van der Waals surface area contributed by atoms with Gasteiger partial charge in [-0.15, -0.1) is 23.8 Å². The third-order valence-electron chi connectivity index (χ3n) is 8.60. The number of phenolic OH excluding ortho intramolecular Hbond substituents is 1. The van der Waals surface area contributed by atoms with Crippen LogP contribution in [0.5, 0.6) is 5.75 Å². The van der Waals surface area contributed by atoms with Gasteiger partial charge in [-0.1, -0.05) is 130 Å². The molecule has 7 rings (SSSR count). The van der Waals surface area contributed by atoms with E-state index in [2.05, 4.69) is 118 Å². The second-order valence-corrected chi connectivity index (χ2v) is 15.2. The van der Waals surface area contributed by atoms with E-state index in [0.29, 0.717) is 5.69 Å². The fourth-order valence-electron chi connectivity index (χ4n) is 6.12. The normalized spacial score (nSPS) is 12.0. The summed E-state index contributed by atoms with van der Waals surface area (Å²) in [6.07, 6.45) is 1.82. The van der Waals surface area contributed by atoms with Gasteiger partial charge in [-0.2, -0.15) is 0 Å². The molecule has 6 heteroatoms. The van der Waals surface area contributed by atoms with Crippen LogP contribution >= 0.6 is 11.8 Å². The minimum Gasteiger partial charge on any atom is -0.506 e. The number of phenols is 1. The minimum absolute atomic E-state index is 0. The van der Waals surface area contributed by atoms with Gasteiger partial charge in [0.2, 0.25) is 0 Å². The maximum Gasteiger partial charge on any atom is 0.139 e. The van der Waals surface area contributed by atoms with Crippen molar-refractivity contribution >= 4 is 33.7 Å². The quantitative estimate of drug-likeness (QED) is 0.176. The van der Waals surface area contributed by atoms with Crippen LogP contribution < -0.4 is 0 Å². The summed E-state index contributed by atoms with van der Waals surface area (Å²) in [6.45, 7) is 13.4. The summed E-state index contributed by atoms with van der Waals surface area (Å²) >= 11 is 1.60. The zero-order chi connectivity index (χ0) is 32.9. The molecular weight excluding hydrogens is 790 g/mol. The smallest absolute Gasteiger partial charge is 0.139 e. The maximum absolute atomic E-state index is 11.1. The number of benzene rings is 4. The number of pyridine rings is 2. The summed E-state index contributed by atoms with van der Waals surface area (Å²) < 4.78 is 2.10. The van der Waals surface area contributed by atoms with Crippen LogP contribution in [-0.4, -0.2) is 19.6 Å². The predicted molar refractivity (Wildman–Crippen MR) is 196 cm³/mol. The van der Waals surface area contributed by atoms with Crippen LogP contribution in [0.25, 0.3) is 50.0 Å². The van der Waals surface area contributed by atoms with E-state index in [1.165, 1.54) is 5.56 Å². The van der Waals surface area contributed by atoms with Gasteiger partial charge in [0.05, 0.1) is 16.2 Å². The van der Waals surface area contributed by atoms with Crippen LogP contribution in [0, 0.1) is 6.07 Å². The van der Waals surface area contributed by atoms with Gasteiger partial charge in [-0.05, 0) is 64.0 Å². The van der Waals surface area contributed by atoms with Crippen molar-refractivity contribution in [2.45, 2.75) is 62.3 Å². The second-order valence-electron chi connectivity index (χ2n) is 14.1. The Balaban J connectivity index is 0.00000401. The Bertz CT molecular complexity index is 2250. The summed E-state index contributed by atoms with van der Waals surface area (Å²) in [6, 6.07) is 41.0. The summed E-state index contributed by atoms with van der Waals surface area (Å²) in [5, 5.41) is 14.2. The first-order valence-corrected chi connectivity index (χ1v) is 16.8. The minimum atomic E-state index is -0.216. The van der Waals surface area contributed by atoms with E-state index in [1.54, 1.807) is 17.8 Å². The third-order valence-corrected chi connectivity index (χ3v) is 9.49. The molecule has 0 radical (unpaired) electrons. The number of hydrogen-bond donors (Lipinski definition) is 1. The average molecular weight is 828 g/mol. The Labute approximate surface area is 301 Å². The third kappa shape index (κ3) is 6.46. The summed E-state index contributed by atoms with van der Waals surface area (Å²) in [5.74, 6) is 0.209. The van der Waals surface area contributed by atoms with Crippen molar-refractivity contribution < 1.29 is 26.2 Å².